The number of hydrogen-bond donors (Lipinski definition) is 1. The predicted molar refractivity (Wildman–Crippen MR) is 97.5 cm³/mol. The number of para-hydroxylation sites is 1. The molecule has 1 aliphatic heterocycles. The standard InChI is InChI=1S/C20H17FN4O3/c21-14-5-3-4-13(8-14)16-9-24(10-17(16)20(27)28)19(26)15-6-1-2-7-18(15)25-12-22-11-23-25/h1-8,11-12,16-17H,9-10H2,(H,27,28)/t16-,17+/m0/s1. The van der Waals surface area contributed by atoms with Crippen LogP contribution in [0.1, 0.15) is 21.8 Å². The molecule has 2 atom stereocenters. The van der Waals surface area contributed by atoms with E-state index in [-0.39, 0.29) is 19.0 Å². The Morgan fingerprint density at radius 2 is 1.93 bits per heavy atom. The SMILES string of the molecule is O=C(O)[C@@H]1CN(C(=O)c2ccccc2-n2cncn2)C[C@H]1c1cccc(F)c1. The Morgan fingerprint density at radius 3 is 2.64 bits per heavy atom. The number of halogens is 1. The molecule has 0 saturated carbocycles. The fourth-order valence-electron chi connectivity index (χ4n) is 3.65. The lowest BCUT2D eigenvalue weighted by molar-refractivity contribution is -0.141. The molecular formula is C20H17FN4O3. The summed E-state index contributed by atoms with van der Waals surface area (Å²) in [7, 11) is 0. The summed E-state index contributed by atoms with van der Waals surface area (Å²) < 4.78 is 15.1. The highest BCUT2D eigenvalue weighted by Crippen LogP contribution is 2.34. The number of benzene rings is 2. The van der Waals surface area contributed by atoms with Crippen LogP contribution in [-0.2, 0) is 4.79 Å². The molecule has 8 heteroatoms. The maximum atomic E-state index is 13.6. The van der Waals surface area contributed by atoms with Crippen LogP contribution < -0.4 is 0 Å². The van der Waals surface area contributed by atoms with Crippen LogP contribution in [0.3, 0.4) is 0 Å². The van der Waals surface area contributed by atoms with Gasteiger partial charge in [-0.1, -0.05) is 24.3 Å². The fourth-order valence-corrected chi connectivity index (χ4v) is 3.65. The molecular weight excluding hydrogens is 363 g/mol. The van der Waals surface area contributed by atoms with E-state index in [9.17, 15) is 19.1 Å². The van der Waals surface area contributed by atoms with E-state index in [1.54, 1.807) is 36.4 Å². The molecule has 2 aromatic carbocycles. The number of nitrogens with zero attached hydrogens (tertiary/aromatic N) is 4. The van der Waals surface area contributed by atoms with Crippen molar-refractivity contribution < 1.29 is 19.1 Å². The van der Waals surface area contributed by atoms with Crippen molar-refractivity contribution in [1.82, 2.24) is 19.7 Å². The molecule has 0 aliphatic carbocycles. The van der Waals surface area contributed by atoms with Crippen molar-refractivity contribution in [3.05, 3.63) is 78.1 Å². The molecule has 142 valence electrons. The van der Waals surface area contributed by atoms with Crippen molar-refractivity contribution in [2.24, 2.45) is 5.92 Å². The van der Waals surface area contributed by atoms with E-state index in [4.69, 9.17) is 0 Å². The lowest BCUT2D eigenvalue weighted by Gasteiger charge is -2.18. The highest BCUT2D eigenvalue weighted by atomic mass is 19.1. The van der Waals surface area contributed by atoms with Gasteiger partial charge in [0, 0.05) is 19.0 Å². The summed E-state index contributed by atoms with van der Waals surface area (Å²) in [6.45, 7) is 0.256. The summed E-state index contributed by atoms with van der Waals surface area (Å²) >= 11 is 0. The van der Waals surface area contributed by atoms with Crippen molar-refractivity contribution >= 4 is 11.9 Å². The van der Waals surface area contributed by atoms with Crippen LogP contribution in [-0.4, -0.2) is 49.7 Å². The molecule has 0 spiro atoms. The Morgan fingerprint density at radius 1 is 1.11 bits per heavy atom. The van der Waals surface area contributed by atoms with Crippen molar-refractivity contribution in [1.29, 1.82) is 0 Å². The van der Waals surface area contributed by atoms with Gasteiger partial charge >= 0.3 is 5.97 Å². The number of carboxylic acids is 1. The Hall–Kier alpha value is -3.55. The second-order valence-electron chi connectivity index (χ2n) is 6.67. The monoisotopic (exact) mass is 380 g/mol. The van der Waals surface area contributed by atoms with Crippen LogP contribution in [0.15, 0.2) is 61.2 Å². The number of carbonyl (C=O) groups excluding carboxylic acids is 1. The van der Waals surface area contributed by atoms with Crippen LogP contribution in [0.25, 0.3) is 5.69 Å². The minimum Gasteiger partial charge on any atom is -0.481 e. The molecule has 1 amide bonds. The Balaban J connectivity index is 1.66. The molecule has 1 fully saturated rings. The first-order valence-corrected chi connectivity index (χ1v) is 8.76. The number of aliphatic carboxylic acids is 1. The molecule has 0 radical (unpaired) electrons. The molecule has 28 heavy (non-hydrogen) atoms. The van der Waals surface area contributed by atoms with Gasteiger partial charge in [-0.25, -0.2) is 14.1 Å². The topological polar surface area (TPSA) is 88.3 Å². The van der Waals surface area contributed by atoms with E-state index in [2.05, 4.69) is 10.1 Å². The normalized spacial score (nSPS) is 19.0. The molecule has 0 bridgehead atoms. The minimum absolute atomic E-state index is 0.0566. The number of aromatic nitrogens is 3. The number of rotatable bonds is 4. The first-order chi connectivity index (χ1) is 13.5. The van der Waals surface area contributed by atoms with Crippen molar-refractivity contribution in [3.63, 3.8) is 0 Å². The summed E-state index contributed by atoms with van der Waals surface area (Å²) in [5.74, 6) is -3.01. The second kappa shape index (κ2) is 7.22. The molecule has 4 rings (SSSR count). The molecule has 1 aliphatic rings. The van der Waals surface area contributed by atoms with Crippen LogP contribution in [0, 0.1) is 11.7 Å². The molecule has 7 nitrogen and oxygen atoms in total. The highest BCUT2D eigenvalue weighted by Gasteiger charge is 2.41. The Kier molecular flexibility index (Phi) is 4.60. The average molecular weight is 380 g/mol. The molecule has 1 saturated heterocycles. The van der Waals surface area contributed by atoms with Gasteiger partial charge in [0.15, 0.2) is 0 Å². The van der Waals surface area contributed by atoms with Gasteiger partial charge in [-0.2, -0.15) is 5.10 Å². The first kappa shape index (κ1) is 17.8. The maximum Gasteiger partial charge on any atom is 0.308 e. The molecule has 1 N–H and O–H groups in total. The van der Waals surface area contributed by atoms with Crippen LogP contribution >= 0.6 is 0 Å². The summed E-state index contributed by atoms with van der Waals surface area (Å²) in [4.78, 5) is 30.4. The minimum atomic E-state index is -1.01. The van der Waals surface area contributed by atoms with Gasteiger partial charge in [0.1, 0.15) is 18.5 Å². The number of carbonyl (C=O) groups is 2. The Bertz CT molecular complexity index is 1020. The zero-order valence-corrected chi connectivity index (χ0v) is 14.8. The molecule has 3 aromatic rings. The van der Waals surface area contributed by atoms with Gasteiger partial charge in [0.05, 0.1) is 17.2 Å². The predicted octanol–water partition coefficient (Wildman–Crippen LogP) is 2.35. The third-order valence-electron chi connectivity index (χ3n) is 5.00. The number of likely N-dealkylation sites (tertiary alicyclic amines) is 1. The smallest absolute Gasteiger partial charge is 0.308 e. The summed E-state index contributed by atoms with van der Waals surface area (Å²) in [5.41, 5.74) is 1.54. The van der Waals surface area contributed by atoms with Crippen LogP contribution in [0.5, 0.6) is 0 Å². The van der Waals surface area contributed by atoms with Crippen LogP contribution in [0.2, 0.25) is 0 Å². The van der Waals surface area contributed by atoms with Crippen molar-refractivity contribution in [2.75, 3.05) is 13.1 Å². The van der Waals surface area contributed by atoms with Gasteiger partial charge in [-0.05, 0) is 29.8 Å². The zero-order valence-electron chi connectivity index (χ0n) is 14.8. The Labute approximate surface area is 160 Å². The van der Waals surface area contributed by atoms with E-state index in [1.807, 2.05) is 0 Å². The quantitative estimate of drug-likeness (QED) is 0.751. The van der Waals surface area contributed by atoms with Crippen molar-refractivity contribution in [3.8, 4) is 5.69 Å². The average Bonchev–Trinajstić information content (AvgIpc) is 3.37. The molecule has 1 aromatic heterocycles. The third kappa shape index (κ3) is 3.24. The summed E-state index contributed by atoms with van der Waals surface area (Å²) in [5, 5.41) is 13.7. The van der Waals surface area contributed by atoms with Gasteiger partial charge in [0.25, 0.3) is 5.91 Å². The van der Waals surface area contributed by atoms with Gasteiger partial charge in [-0.3, -0.25) is 9.59 Å². The number of amides is 1. The lowest BCUT2D eigenvalue weighted by atomic mass is 9.89. The van der Waals surface area contributed by atoms with E-state index in [1.165, 1.54) is 34.4 Å². The highest BCUT2D eigenvalue weighted by molar-refractivity contribution is 5.98. The van der Waals surface area contributed by atoms with Gasteiger partial charge in [0.2, 0.25) is 0 Å². The van der Waals surface area contributed by atoms with Gasteiger partial charge < -0.3 is 10.0 Å². The second-order valence-corrected chi connectivity index (χ2v) is 6.67. The fraction of sp³-hybridized carbons (Fsp3) is 0.200. The van der Waals surface area contributed by atoms with E-state index >= 15 is 0 Å². The summed E-state index contributed by atoms with van der Waals surface area (Å²) in [6.07, 6.45) is 2.86. The largest absolute Gasteiger partial charge is 0.481 e. The number of hydrogen-bond acceptors (Lipinski definition) is 4. The van der Waals surface area contributed by atoms with Gasteiger partial charge in [-0.15, -0.1) is 0 Å². The molecule has 0 unspecified atom stereocenters. The first-order valence-electron chi connectivity index (χ1n) is 8.76. The van der Waals surface area contributed by atoms with E-state index < -0.39 is 23.6 Å². The summed E-state index contributed by atoms with van der Waals surface area (Å²) in [6, 6.07) is 12.8. The molecule has 2 heterocycles. The van der Waals surface area contributed by atoms with Crippen LogP contribution in [0.4, 0.5) is 4.39 Å². The zero-order chi connectivity index (χ0) is 19.7. The van der Waals surface area contributed by atoms with Crippen molar-refractivity contribution in [2.45, 2.75) is 5.92 Å². The van der Waals surface area contributed by atoms with E-state index in [0.29, 0.717) is 16.8 Å². The van der Waals surface area contributed by atoms with E-state index in [0.717, 1.165) is 0 Å². The maximum absolute atomic E-state index is 13.6. The lowest BCUT2D eigenvalue weighted by Crippen LogP contribution is -2.30. The third-order valence-corrected chi connectivity index (χ3v) is 5.00. The number of carboxylic acid groups (broad SMARTS) is 1.